The normalized spacial score (nSPS) is 16.8. The lowest BCUT2D eigenvalue weighted by Gasteiger charge is -2.35. The Morgan fingerprint density at radius 3 is 2.38 bits per heavy atom. The maximum atomic E-state index is 13.1. The van der Waals surface area contributed by atoms with Gasteiger partial charge in [0.2, 0.25) is 5.91 Å². The zero-order valence-electron chi connectivity index (χ0n) is 17.5. The average Bonchev–Trinajstić information content (AvgIpc) is 2.79. The minimum atomic E-state index is -0.109. The molecule has 156 valence electrons. The van der Waals surface area contributed by atoms with Crippen LogP contribution in [0.5, 0.6) is 5.75 Å². The summed E-state index contributed by atoms with van der Waals surface area (Å²) in [6.45, 7) is 5.88. The van der Waals surface area contributed by atoms with E-state index in [1.807, 2.05) is 42.5 Å². The first-order valence-electron chi connectivity index (χ1n) is 10.5. The molecule has 1 fully saturated rings. The van der Waals surface area contributed by atoms with Gasteiger partial charge in [0.1, 0.15) is 5.75 Å². The molecule has 29 heavy (non-hydrogen) atoms. The minimum absolute atomic E-state index is 0.102. The van der Waals surface area contributed by atoms with Crippen LogP contribution >= 0.6 is 0 Å². The Morgan fingerprint density at radius 2 is 1.76 bits per heavy atom. The highest BCUT2D eigenvalue weighted by atomic mass is 16.5. The van der Waals surface area contributed by atoms with E-state index in [4.69, 9.17) is 9.47 Å². The van der Waals surface area contributed by atoms with Crippen LogP contribution < -0.4 is 10.1 Å². The third-order valence-electron chi connectivity index (χ3n) is 5.55. The molecule has 5 nitrogen and oxygen atoms in total. The SMILES string of the molecule is CCCC(C(=O)NCC(c1ccc(OC)cc1)N1CCOCC1)c1ccccc1. The molecule has 2 unspecified atom stereocenters. The number of ether oxygens (including phenoxy) is 2. The molecular formula is C24H32N2O3. The monoisotopic (exact) mass is 396 g/mol. The van der Waals surface area contributed by atoms with Crippen molar-refractivity contribution in [2.45, 2.75) is 31.7 Å². The van der Waals surface area contributed by atoms with Gasteiger partial charge in [0.15, 0.2) is 0 Å². The fraction of sp³-hybridized carbons (Fsp3) is 0.458. The molecular weight excluding hydrogens is 364 g/mol. The summed E-state index contributed by atoms with van der Waals surface area (Å²) in [7, 11) is 1.67. The van der Waals surface area contributed by atoms with Gasteiger partial charge in [-0.25, -0.2) is 0 Å². The van der Waals surface area contributed by atoms with E-state index in [0.29, 0.717) is 6.54 Å². The Bertz CT molecular complexity index is 742. The van der Waals surface area contributed by atoms with E-state index < -0.39 is 0 Å². The van der Waals surface area contributed by atoms with Crippen LogP contribution in [0.15, 0.2) is 54.6 Å². The van der Waals surface area contributed by atoms with Crippen molar-refractivity contribution in [1.82, 2.24) is 10.2 Å². The summed E-state index contributed by atoms with van der Waals surface area (Å²) in [5.41, 5.74) is 2.26. The first-order valence-corrected chi connectivity index (χ1v) is 10.5. The van der Waals surface area contributed by atoms with Crippen LogP contribution in [0.1, 0.15) is 42.9 Å². The van der Waals surface area contributed by atoms with Crippen LogP contribution in [-0.2, 0) is 9.53 Å². The van der Waals surface area contributed by atoms with E-state index in [9.17, 15) is 4.79 Å². The Hall–Kier alpha value is -2.37. The molecule has 1 aliphatic heterocycles. The van der Waals surface area contributed by atoms with Gasteiger partial charge in [-0.3, -0.25) is 9.69 Å². The first kappa shape index (κ1) is 21.3. The third kappa shape index (κ3) is 5.81. The van der Waals surface area contributed by atoms with Crippen LogP contribution in [0, 0.1) is 0 Å². The van der Waals surface area contributed by atoms with Crippen LogP contribution in [-0.4, -0.2) is 50.8 Å². The number of rotatable bonds is 9. The second-order valence-corrected chi connectivity index (χ2v) is 7.43. The number of nitrogens with zero attached hydrogens (tertiary/aromatic N) is 1. The van der Waals surface area contributed by atoms with Gasteiger partial charge < -0.3 is 14.8 Å². The van der Waals surface area contributed by atoms with Gasteiger partial charge in [-0.15, -0.1) is 0 Å². The van der Waals surface area contributed by atoms with Gasteiger partial charge in [0, 0.05) is 19.6 Å². The van der Waals surface area contributed by atoms with E-state index in [2.05, 4.69) is 29.3 Å². The lowest BCUT2D eigenvalue weighted by Crippen LogP contribution is -2.44. The molecule has 1 saturated heterocycles. The predicted molar refractivity (Wildman–Crippen MR) is 115 cm³/mol. The van der Waals surface area contributed by atoms with Crippen molar-refractivity contribution in [3.63, 3.8) is 0 Å². The molecule has 2 aromatic rings. The Morgan fingerprint density at radius 1 is 1.07 bits per heavy atom. The largest absolute Gasteiger partial charge is 0.497 e. The topological polar surface area (TPSA) is 50.8 Å². The molecule has 3 rings (SSSR count). The smallest absolute Gasteiger partial charge is 0.227 e. The Balaban J connectivity index is 1.73. The summed E-state index contributed by atoms with van der Waals surface area (Å²) >= 11 is 0. The molecule has 0 aliphatic carbocycles. The van der Waals surface area contributed by atoms with Crippen LogP contribution in [0.3, 0.4) is 0 Å². The maximum Gasteiger partial charge on any atom is 0.227 e. The van der Waals surface area contributed by atoms with Gasteiger partial charge in [-0.05, 0) is 29.7 Å². The zero-order valence-corrected chi connectivity index (χ0v) is 17.5. The standard InChI is InChI=1S/C24H32N2O3/c1-3-7-22(19-8-5-4-6-9-19)24(27)25-18-23(26-14-16-29-17-15-26)20-10-12-21(28-2)13-11-20/h4-6,8-13,22-23H,3,7,14-18H2,1-2H3,(H,25,27). The number of benzene rings is 2. The van der Waals surface area contributed by atoms with Crippen LogP contribution in [0.2, 0.25) is 0 Å². The highest BCUT2D eigenvalue weighted by Crippen LogP contribution is 2.25. The Labute approximate surface area is 174 Å². The van der Waals surface area contributed by atoms with Crippen LogP contribution in [0.25, 0.3) is 0 Å². The predicted octanol–water partition coefficient (Wildman–Crippen LogP) is 3.77. The molecule has 0 aromatic heterocycles. The fourth-order valence-corrected chi connectivity index (χ4v) is 3.92. The summed E-state index contributed by atoms with van der Waals surface area (Å²) in [5, 5.41) is 3.24. The van der Waals surface area contributed by atoms with Gasteiger partial charge in [0.05, 0.1) is 32.3 Å². The van der Waals surface area contributed by atoms with E-state index in [-0.39, 0.29) is 17.9 Å². The number of morpholine rings is 1. The molecule has 2 aromatic carbocycles. The van der Waals surface area contributed by atoms with E-state index in [0.717, 1.165) is 50.5 Å². The molecule has 0 saturated carbocycles. The fourth-order valence-electron chi connectivity index (χ4n) is 3.92. The summed E-state index contributed by atoms with van der Waals surface area (Å²) in [5.74, 6) is 0.831. The average molecular weight is 397 g/mol. The zero-order chi connectivity index (χ0) is 20.5. The second kappa shape index (κ2) is 11.0. The van der Waals surface area contributed by atoms with E-state index >= 15 is 0 Å². The lowest BCUT2D eigenvalue weighted by molar-refractivity contribution is -0.123. The van der Waals surface area contributed by atoms with Gasteiger partial charge in [-0.2, -0.15) is 0 Å². The molecule has 1 aliphatic rings. The summed E-state index contributed by atoms with van der Waals surface area (Å²) in [6, 6.07) is 18.3. The minimum Gasteiger partial charge on any atom is -0.497 e. The third-order valence-corrected chi connectivity index (χ3v) is 5.55. The number of hydrogen-bond acceptors (Lipinski definition) is 4. The highest BCUT2D eigenvalue weighted by Gasteiger charge is 2.25. The molecule has 0 spiro atoms. The van der Waals surface area contributed by atoms with Gasteiger partial charge in [-0.1, -0.05) is 55.8 Å². The van der Waals surface area contributed by atoms with Crippen molar-refractivity contribution in [2.75, 3.05) is 40.0 Å². The quantitative estimate of drug-likeness (QED) is 0.701. The highest BCUT2D eigenvalue weighted by molar-refractivity contribution is 5.83. The summed E-state index contributed by atoms with van der Waals surface area (Å²) < 4.78 is 10.8. The molecule has 1 heterocycles. The summed E-state index contributed by atoms with van der Waals surface area (Å²) in [6.07, 6.45) is 1.82. The first-order chi connectivity index (χ1) is 14.2. The van der Waals surface area contributed by atoms with Gasteiger partial charge >= 0.3 is 0 Å². The van der Waals surface area contributed by atoms with Crippen LogP contribution in [0.4, 0.5) is 0 Å². The molecule has 1 amide bonds. The number of nitrogens with one attached hydrogen (secondary N) is 1. The Kier molecular flexibility index (Phi) is 8.08. The van der Waals surface area contributed by atoms with Crippen molar-refractivity contribution in [1.29, 1.82) is 0 Å². The molecule has 2 atom stereocenters. The molecule has 1 N–H and O–H groups in total. The van der Waals surface area contributed by atoms with E-state index in [1.165, 1.54) is 5.56 Å². The van der Waals surface area contributed by atoms with Crippen molar-refractivity contribution >= 4 is 5.91 Å². The maximum absolute atomic E-state index is 13.1. The van der Waals surface area contributed by atoms with Crippen molar-refractivity contribution < 1.29 is 14.3 Å². The number of methoxy groups -OCH3 is 1. The van der Waals surface area contributed by atoms with Crippen molar-refractivity contribution in [3.8, 4) is 5.75 Å². The van der Waals surface area contributed by atoms with Crippen molar-refractivity contribution in [2.24, 2.45) is 0 Å². The number of amides is 1. The summed E-state index contributed by atoms with van der Waals surface area (Å²) in [4.78, 5) is 15.5. The molecule has 0 bridgehead atoms. The number of carbonyl (C=O) groups is 1. The number of carbonyl (C=O) groups excluding carboxylic acids is 1. The lowest BCUT2D eigenvalue weighted by atomic mass is 9.93. The second-order valence-electron chi connectivity index (χ2n) is 7.43. The number of hydrogen-bond donors (Lipinski definition) is 1. The van der Waals surface area contributed by atoms with E-state index in [1.54, 1.807) is 7.11 Å². The molecule has 0 radical (unpaired) electrons. The van der Waals surface area contributed by atoms with Crippen molar-refractivity contribution in [3.05, 3.63) is 65.7 Å². The van der Waals surface area contributed by atoms with Gasteiger partial charge in [0.25, 0.3) is 0 Å². The molecule has 5 heteroatoms.